The average molecular weight is 393 g/mol. The van der Waals surface area contributed by atoms with E-state index in [0.29, 0.717) is 6.17 Å². The van der Waals surface area contributed by atoms with Crippen LogP contribution in [0.1, 0.15) is 136 Å². The first kappa shape index (κ1) is 25.4. The molecule has 0 aromatic carbocycles. The zero-order chi connectivity index (χ0) is 20.3. The molecule has 1 aliphatic heterocycles. The maximum atomic E-state index is 2.66. The molecule has 0 fully saturated rings. The van der Waals surface area contributed by atoms with Crippen LogP contribution < -0.4 is 0 Å². The van der Waals surface area contributed by atoms with Crippen molar-refractivity contribution in [1.82, 2.24) is 9.80 Å². The van der Waals surface area contributed by atoms with Crippen molar-refractivity contribution in [2.24, 2.45) is 0 Å². The predicted octanol–water partition coefficient (Wildman–Crippen LogP) is 8.48. The van der Waals surface area contributed by atoms with Crippen LogP contribution in [0.25, 0.3) is 0 Å². The van der Waals surface area contributed by atoms with E-state index in [0.717, 1.165) is 0 Å². The fourth-order valence-corrected chi connectivity index (χ4v) is 4.39. The van der Waals surface area contributed by atoms with E-state index in [1.165, 1.54) is 129 Å². The molecule has 1 aliphatic rings. The lowest BCUT2D eigenvalue weighted by Crippen LogP contribution is -2.39. The number of nitrogens with zero attached hydrogens (tertiary/aromatic N) is 2. The summed E-state index contributed by atoms with van der Waals surface area (Å²) in [5.74, 6) is 0. The SMILES string of the molecule is CCCCCCCCCCCN1C=CN(CCCC)C1CCCCCCCC. The molecule has 0 aromatic heterocycles. The van der Waals surface area contributed by atoms with Gasteiger partial charge in [0.25, 0.3) is 0 Å². The van der Waals surface area contributed by atoms with Gasteiger partial charge in [-0.15, -0.1) is 0 Å². The Bertz CT molecular complexity index is 352. The van der Waals surface area contributed by atoms with E-state index in [9.17, 15) is 0 Å². The minimum atomic E-state index is 0.645. The van der Waals surface area contributed by atoms with Gasteiger partial charge in [-0.2, -0.15) is 0 Å². The van der Waals surface area contributed by atoms with Crippen LogP contribution in [0.3, 0.4) is 0 Å². The first-order chi connectivity index (χ1) is 13.8. The molecule has 0 radical (unpaired) electrons. The molecule has 166 valence electrons. The minimum Gasteiger partial charge on any atom is -0.356 e. The lowest BCUT2D eigenvalue weighted by atomic mass is 10.1. The Kier molecular flexibility index (Phi) is 16.7. The van der Waals surface area contributed by atoms with Crippen LogP contribution in [0.2, 0.25) is 0 Å². The molecular weight excluding hydrogens is 340 g/mol. The lowest BCUT2D eigenvalue weighted by molar-refractivity contribution is 0.136. The second-order valence-corrected chi connectivity index (χ2v) is 8.99. The molecule has 1 rings (SSSR count). The molecule has 2 nitrogen and oxygen atoms in total. The van der Waals surface area contributed by atoms with E-state index in [1.54, 1.807) is 0 Å². The molecule has 0 saturated carbocycles. The molecule has 1 atom stereocenters. The zero-order valence-corrected chi connectivity index (χ0v) is 19.8. The van der Waals surface area contributed by atoms with Crippen LogP contribution in [0.5, 0.6) is 0 Å². The van der Waals surface area contributed by atoms with E-state index >= 15 is 0 Å². The predicted molar refractivity (Wildman–Crippen MR) is 126 cm³/mol. The fourth-order valence-electron chi connectivity index (χ4n) is 4.39. The first-order valence-corrected chi connectivity index (χ1v) is 13.0. The van der Waals surface area contributed by atoms with Crippen molar-refractivity contribution in [2.45, 2.75) is 143 Å². The van der Waals surface area contributed by atoms with Crippen molar-refractivity contribution < 1.29 is 0 Å². The summed E-state index contributed by atoms with van der Waals surface area (Å²) in [6.07, 6.45) is 30.6. The van der Waals surface area contributed by atoms with Crippen LogP contribution in [-0.2, 0) is 0 Å². The molecule has 0 saturated heterocycles. The van der Waals surface area contributed by atoms with Crippen molar-refractivity contribution >= 4 is 0 Å². The van der Waals surface area contributed by atoms with Crippen LogP contribution in [0, 0.1) is 0 Å². The number of hydrogen-bond donors (Lipinski definition) is 0. The largest absolute Gasteiger partial charge is 0.356 e. The molecule has 0 N–H and O–H groups in total. The van der Waals surface area contributed by atoms with Crippen LogP contribution in [-0.4, -0.2) is 29.1 Å². The monoisotopic (exact) mass is 392 g/mol. The van der Waals surface area contributed by atoms with E-state index in [4.69, 9.17) is 0 Å². The number of rotatable bonds is 20. The number of hydrogen-bond acceptors (Lipinski definition) is 2. The summed E-state index contributed by atoms with van der Waals surface area (Å²) in [5, 5.41) is 0. The Morgan fingerprint density at radius 2 is 0.857 bits per heavy atom. The van der Waals surface area contributed by atoms with Gasteiger partial charge >= 0.3 is 0 Å². The molecule has 2 heteroatoms. The van der Waals surface area contributed by atoms with Gasteiger partial charge in [-0.3, -0.25) is 0 Å². The van der Waals surface area contributed by atoms with Gasteiger partial charge < -0.3 is 9.80 Å². The summed E-state index contributed by atoms with van der Waals surface area (Å²) in [5.41, 5.74) is 0. The third kappa shape index (κ3) is 12.0. The minimum absolute atomic E-state index is 0.645. The van der Waals surface area contributed by atoms with Crippen LogP contribution in [0.15, 0.2) is 12.4 Å². The van der Waals surface area contributed by atoms with Gasteiger partial charge in [-0.25, -0.2) is 0 Å². The molecule has 0 aromatic rings. The Balaban J connectivity index is 2.20. The maximum absolute atomic E-state index is 2.66. The molecule has 0 amide bonds. The van der Waals surface area contributed by atoms with Crippen LogP contribution >= 0.6 is 0 Å². The Morgan fingerprint density at radius 1 is 0.464 bits per heavy atom. The third-order valence-corrected chi connectivity index (χ3v) is 6.32. The molecule has 28 heavy (non-hydrogen) atoms. The quantitative estimate of drug-likeness (QED) is 0.192. The van der Waals surface area contributed by atoms with E-state index in [-0.39, 0.29) is 0 Å². The highest BCUT2D eigenvalue weighted by molar-refractivity contribution is 4.96. The second-order valence-electron chi connectivity index (χ2n) is 8.99. The topological polar surface area (TPSA) is 6.48 Å². The van der Waals surface area contributed by atoms with Gasteiger partial charge in [0.2, 0.25) is 0 Å². The standard InChI is InChI=1S/C26H52N2/c1-4-7-10-12-14-15-16-18-20-23-28-25-24-27(22-9-6-3)26(28)21-19-17-13-11-8-5-2/h24-26H,4-23H2,1-3H3. The Labute approximate surface area is 178 Å². The zero-order valence-electron chi connectivity index (χ0n) is 19.8. The van der Waals surface area contributed by atoms with Gasteiger partial charge in [-0.05, 0) is 25.7 Å². The van der Waals surface area contributed by atoms with E-state index < -0.39 is 0 Å². The smallest absolute Gasteiger partial charge is 0.101 e. The maximum Gasteiger partial charge on any atom is 0.101 e. The molecule has 0 aliphatic carbocycles. The summed E-state index contributed by atoms with van der Waals surface area (Å²) < 4.78 is 0. The summed E-state index contributed by atoms with van der Waals surface area (Å²) in [4.78, 5) is 5.28. The third-order valence-electron chi connectivity index (χ3n) is 6.32. The van der Waals surface area contributed by atoms with Gasteiger partial charge in [0, 0.05) is 25.5 Å². The Morgan fingerprint density at radius 3 is 1.36 bits per heavy atom. The number of unbranched alkanes of at least 4 members (excludes halogenated alkanes) is 14. The van der Waals surface area contributed by atoms with Gasteiger partial charge in [0.05, 0.1) is 0 Å². The first-order valence-electron chi connectivity index (χ1n) is 13.0. The van der Waals surface area contributed by atoms with Gasteiger partial charge in [-0.1, -0.05) is 111 Å². The molecule has 0 spiro atoms. The van der Waals surface area contributed by atoms with Crippen molar-refractivity contribution in [3.05, 3.63) is 12.4 Å². The molecule has 1 unspecified atom stereocenters. The van der Waals surface area contributed by atoms with Crippen molar-refractivity contribution in [2.75, 3.05) is 13.1 Å². The highest BCUT2D eigenvalue weighted by Crippen LogP contribution is 2.23. The van der Waals surface area contributed by atoms with E-state index in [1.807, 2.05) is 0 Å². The lowest BCUT2D eigenvalue weighted by Gasteiger charge is -2.33. The van der Waals surface area contributed by atoms with E-state index in [2.05, 4.69) is 43.0 Å². The van der Waals surface area contributed by atoms with Gasteiger partial charge in [0.15, 0.2) is 0 Å². The summed E-state index contributed by atoms with van der Waals surface area (Å²) in [7, 11) is 0. The molecule has 0 bridgehead atoms. The Hall–Kier alpha value is -0.660. The van der Waals surface area contributed by atoms with Crippen LogP contribution in [0.4, 0.5) is 0 Å². The molecular formula is C26H52N2. The highest BCUT2D eigenvalue weighted by atomic mass is 15.4. The van der Waals surface area contributed by atoms with Crippen molar-refractivity contribution in [3.63, 3.8) is 0 Å². The highest BCUT2D eigenvalue weighted by Gasteiger charge is 2.24. The second kappa shape index (κ2) is 18.4. The van der Waals surface area contributed by atoms with Crippen molar-refractivity contribution in [3.8, 4) is 0 Å². The fraction of sp³-hybridized carbons (Fsp3) is 0.923. The summed E-state index contributed by atoms with van der Waals surface area (Å²) in [6.45, 7) is 9.41. The molecule has 1 heterocycles. The van der Waals surface area contributed by atoms with Crippen molar-refractivity contribution in [1.29, 1.82) is 0 Å². The average Bonchev–Trinajstić information content (AvgIpc) is 3.09. The van der Waals surface area contributed by atoms with Gasteiger partial charge in [0.1, 0.15) is 6.17 Å². The normalized spacial score (nSPS) is 16.5. The summed E-state index contributed by atoms with van der Waals surface area (Å²) in [6, 6.07) is 0. The summed E-state index contributed by atoms with van der Waals surface area (Å²) >= 11 is 0.